The molecule has 0 aromatic heterocycles. The molecule has 0 bridgehead atoms. The fourth-order valence-corrected chi connectivity index (χ4v) is 3.14. The van der Waals surface area contributed by atoms with Gasteiger partial charge in [0.05, 0.1) is 18.1 Å². The van der Waals surface area contributed by atoms with Gasteiger partial charge >= 0.3 is 0 Å². The molecule has 0 saturated carbocycles. The zero-order valence-electron chi connectivity index (χ0n) is 13.6. The second-order valence-corrected chi connectivity index (χ2v) is 5.24. The first-order chi connectivity index (χ1) is 10.2. The van der Waals surface area contributed by atoms with Gasteiger partial charge in [-0.15, -0.1) is 0 Å². The summed E-state index contributed by atoms with van der Waals surface area (Å²) < 4.78 is 5.55. The molecule has 1 aliphatic heterocycles. The fraction of sp³-hybridized carbons (Fsp3) is 0.500. The van der Waals surface area contributed by atoms with Gasteiger partial charge in [-0.05, 0) is 30.5 Å². The monoisotopic (exact) mass is 284 g/mol. The third-order valence-electron chi connectivity index (χ3n) is 4.39. The summed E-state index contributed by atoms with van der Waals surface area (Å²) in [6, 6.07) is 4.22. The third-order valence-corrected chi connectivity index (χ3v) is 4.39. The molecule has 0 unspecified atom stereocenters. The molecule has 0 amide bonds. The molecule has 1 aromatic carbocycles. The van der Waals surface area contributed by atoms with Crippen molar-refractivity contribution in [1.29, 1.82) is 0 Å². The molecule has 2 rings (SSSR count). The Morgan fingerprint density at radius 3 is 2.48 bits per heavy atom. The lowest BCUT2D eigenvalue weighted by molar-refractivity contribution is 0.411. The molecule has 1 aliphatic rings. The van der Waals surface area contributed by atoms with Gasteiger partial charge in [0.15, 0.2) is 0 Å². The van der Waals surface area contributed by atoms with Crippen molar-refractivity contribution in [2.24, 2.45) is 4.99 Å². The van der Waals surface area contributed by atoms with Gasteiger partial charge < -0.3 is 10.1 Å². The van der Waals surface area contributed by atoms with Crippen molar-refractivity contribution in [3.05, 3.63) is 23.3 Å². The number of ether oxygens (including phenoxy) is 1. The van der Waals surface area contributed by atoms with Crippen LogP contribution in [0, 0.1) is 11.8 Å². The average molecular weight is 284 g/mol. The van der Waals surface area contributed by atoms with E-state index in [2.05, 4.69) is 48.1 Å². The number of nitrogens with one attached hydrogen (secondary N) is 1. The Labute approximate surface area is 127 Å². The number of hydrogen-bond donors (Lipinski definition) is 1. The fourth-order valence-electron chi connectivity index (χ4n) is 3.14. The van der Waals surface area contributed by atoms with Crippen LogP contribution in [0.15, 0.2) is 17.1 Å². The summed E-state index contributed by atoms with van der Waals surface area (Å²) in [4.78, 5) is 4.47. The van der Waals surface area contributed by atoms with Crippen LogP contribution in [-0.4, -0.2) is 20.0 Å². The van der Waals surface area contributed by atoms with Crippen LogP contribution in [0.2, 0.25) is 0 Å². The Morgan fingerprint density at radius 2 is 1.95 bits per heavy atom. The number of amidine groups is 1. The molecule has 0 spiro atoms. The summed E-state index contributed by atoms with van der Waals surface area (Å²) in [5.41, 5.74) is 3.28. The quantitative estimate of drug-likeness (QED) is 0.852. The van der Waals surface area contributed by atoms with Crippen LogP contribution in [0.4, 0.5) is 5.69 Å². The Kier molecular flexibility index (Phi) is 4.57. The highest BCUT2D eigenvalue weighted by Crippen LogP contribution is 2.45. The van der Waals surface area contributed by atoms with E-state index in [9.17, 15) is 0 Å². The highest BCUT2D eigenvalue weighted by Gasteiger charge is 2.42. The lowest BCUT2D eigenvalue weighted by Crippen LogP contribution is -2.33. The van der Waals surface area contributed by atoms with E-state index in [1.165, 1.54) is 5.56 Å². The molecule has 0 aliphatic carbocycles. The van der Waals surface area contributed by atoms with Crippen molar-refractivity contribution in [1.82, 2.24) is 0 Å². The van der Waals surface area contributed by atoms with Crippen LogP contribution >= 0.6 is 0 Å². The first-order valence-corrected chi connectivity index (χ1v) is 7.62. The van der Waals surface area contributed by atoms with Gasteiger partial charge in [0, 0.05) is 19.2 Å². The zero-order chi connectivity index (χ0) is 15.5. The summed E-state index contributed by atoms with van der Waals surface area (Å²) in [5, 5.41) is 3.47. The van der Waals surface area contributed by atoms with Crippen molar-refractivity contribution >= 4 is 11.5 Å². The Morgan fingerprint density at radius 1 is 1.24 bits per heavy atom. The first-order valence-electron chi connectivity index (χ1n) is 7.62. The lowest BCUT2D eigenvalue weighted by Gasteiger charge is -2.27. The van der Waals surface area contributed by atoms with E-state index in [1.54, 1.807) is 7.11 Å². The van der Waals surface area contributed by atoms with Crippen molar-refractivity contribution in [2.75, 3.05) is 19.5 Å². The summed E-state index contributed by atoms with van der Waals surface area (Å²) in [6.45, 7) is 6.47. The van der Waals surface area contributed by atoms with Crippen LogP contribution in [0.25, 0.3) is 0 Å². The van der Waals surface area contributed by atoms with Gasteiger partial charge in [0.25, 0.3) is 0 Å². The van der Waals surface area contributed by atoms with Crippen LogP contribution in [0.3, 0.4) is 0 Å². The van der Waals surface area contributed by atoms with Gasteiger partial charge in [-0.25, -0.2) is 0 Å². The maximum atomic E-state index is 5.55. The lowest BCUT2D eigenvalue weighted by atomic mass is 9.76. The van der Waals surface area contributed by atoms with E-state index >= 15 is 0 Å². The minimum absolute atomic E-state index is 0.0337. The topological polar surface area (TPSA) is 33.6 Å². The largest absolute Gasteiger partial charge is 0.495 e. The average Bonchev–Trinajstić information content (AvgIpc) is 2.84. The number of aliphatic imine (C=N–C) groups is 1. The summed E-state index contributed by atoms with van der Waals surface area (Å²) in [6.07, 6.45) is 2.86. The molecule has 3 heteroatoms. The van der Waals surface area contributed by atoms with Crippen molar-refractivity contribution < 1.29 is 4.74 Å². The Bertz CT molecular complexity index is 616. The minimum Gasteiger partial charge on any atom is -0.495 e. The molecular formula is C18H24N2O. The highest BCUT2D eigenvalue weighted by atomic mass is 16.5. The molecule has 1 N–H and O–H groups in total. The predicted molar refractivity (Wildman–Crippen MR) is 89.4 cm³/mol. The standard InChI is InChI=1S/C18H24N2O/c1-6-9-10-13-11-15-14(12-16(13)21-5)18(7-2,8-3)17(19-4)20-15/h11-12H,6-8H2,1-5H3,(H,19,20). The highest BCUT2D eigenvalue weighted by molar-refractivity contribution is 6.10. The van der Waals surface area contributed by atoms with E-state index in [-0.39, 0.29) is 5.41 Å². The second-order valence-electron chi connectivity index (χ2n) is 5.24. The Balaban J connectivity index is 2.64. The van der Waals surface area contributed by atoms with Crippen molar-refractivity contribution in [3.8, 4) is 17.6 Å². The molecule has 0 saturated heterocycles. The number of rotatable bonds is 3. The molecule has 0 fully saturated rings. The maximum absolute atomic E-state index is 5.55. The molecule has 1 aromatic rings. The van der Waals surface area contributed by atoms with Crippen LogP contribution in [0.1, 0.15) is 51.2 Å². The summed E-state index contributed by atoms with van der Waals surface area (Å²) in [7, 11) is 3.55. The van der Waals surface area contributed by atoms with E-state index in [4.69, 9.17) is 4.74 Å². The molecular weight excluding hydrogens is 260 g/mol. The van der Waals surface area contributed by atoms with E-state index < -0.39 is 0 Å². The maximum Gasteiger partial charge on any atom is 0.134 e. The third kappa shape index (κ3) is 2.40. The molecule has 21 heavy (non-hydrogen) atoms. The molecule has 0 atom stereocenters. The summed E-state index contributed by atoms with van der Waals surface area (Å²) >= 11 is 0. The van der Waals surface area contributed by atoms with Crippen LogP contribution < -0.4 is 10.1 Å². The van der Waals surface area contributed by atoms with Crippen LogP contribution in [0.5, 0.6) is 5.75 Å². The number of anilines is 1. The SMILES string of the molecule is CCC#Cc1cc2c(cc1OC)C(CC)(CC)C(=NC)N2. The number of nitrogens with zero attached hydrogens (tertiary/aromatic N) is 1. The van der Waals surface area contributed by atoms with Crippen molar-refractivity contribution in [3.63, 3.8) is 0 Å². The number of methoxy groups -OCH3 is 1. The summed E-state index contributed by atoms with van der Waals surface area (Å²) in [5.74, 6) is 8.20. The first kappa shape index (κ1) is 15.4. The molecule has 0 radical (unpaired) electrons. The van der Waals surface area contributed by atoms with Gasteiger partial charge in [-0.3, -0.25) is 4.99 Å². The van der Waals surface area contributed by atoms with Crippen molar-refractivity contribution in [2.45, 2.75) is 45.4 Å². The van der Waals surface area contributed by atoms with E-state index in [1.807, 2.05) is 14.0 Å². The zero-order valence-corrected chi connectivity index (χ0v) is 13.6. The van der Waals surface area contributed by atoms with Gasteiger partial charge in [0.1, 0.15) is 11.6 Å². The molecule has 112 valence electrons. The van der Waals surface area contributed by atoms with Gasteiger partial charge in [-0.1, -0.05) is 32.6 Å². The minimum atomic E-state index is -0.0337. The van der Waals surface area contributed by atoms with E-state index in [0.29, 0.717) is 0 Å². The normalized spacial score (nSPS) is 16.9. The smallest absolute Gasteiger partial charge is 0.134 e. The Hall–Kier alpha value is -1.95. The number of benzene rings is 1. The molecule has 3 nitrogen and oxygen atoms in total. The second kappa shape index (κ2) is 6.22. The van der Waals surface area contributed by atoms with E-state index in [0.717, 1.165) is 42.1 Å². The van der Waals surface area contributed by atoms with Gasteiger partial charge in [-0.2, -0.15) is 0 Å². The predicted octanol–water partition coefficient (Wildman–Crippen LogP) is 3.97. The van der Waals surface area contributed by atoms with Gasteiger partial charge in [0.2, 0.25) is 0 Å². The van der Waals surface area contributed by atoms with Crippen LogP contribution in [-0.2, 0) is 5.41 Å². The molecule has 1 heterocycles. The number of fused-ring (bicyclic) bond motifs is 1. The number of hydrogen-bond acceptors (Lipinski definition) is 2.